The lowest BCUT2D eigenvalue weighted by atomic mass is 10.0. The topological polar surface area (TPSA) is 53.9 Å². The summed E-state index contributed by atoms with van der Waals surface area (Å²) in [5.41, 5.74) is 3.39. The van der Waals surface area contributed by atoms with Crippen molar-refractivity contribution in [1.82, 2.24) is 15.2 Å². The molecule has 2 aromatic carbocycles. The van der Waals surface area contributed by atoms with Crippen molar-refractivity contribution in [2.75, 3.05) is 16.8 Å². The number of hydrogen-bond donors (Lipinski definition) is 1. The highest BCUT2D eigenvalue weighted by Crippen LogP contribution is 2.31. The first kappa shape index (κ1) is 14.9. The van der Waals surface area contributed by atoms with E-state index >= 15 is 0 Å². The van der Waals surface area contributed by atoms with Crippen molar-refractivity contribution in [3.63, 3.8) is 0 Å². The van der Waals surface area contributed by atoms with E-state index in [4.69, 9.17) is 11.6 Å². The minimum atomic E-state index is 0.612. The molecule has 0 saturated carbocycles. The molecular weight excluding hydrogens is 322 g/mol. The average Bonchev–Trinajstić information content (AvgIpc) is 2.63. The Morgan fingerprint density at radius 1 is 1.04 bits per heavy atom. The molecule has 2 heterocycles. The van der Waals surface area contributed by atoms with Crippen molar-refractivity contribution >= 4 is 34.7 Å². The lowest BCUT2D eigenvalue weighted by Gasteiger charge is -2.29. The lowest BCUT2D eigenvalue weighted by molar-refractivity contribution is 0.742. The van der Waals surface area contributed by atoms with E-state index in [0.717, 1.165) is 30.8 Å². The normalized spacial score (nSPS) is 13.5. The maximum absolute atomic E-state index is 5.92. The van der Waals surface area contributed by atoms with Crippen LogP contribution in [0.5, 0.6) is 0 Å². The molecule has 1 N–H and O–H groups in total. The van der Waals surface area contributed by atoms with Gasteiger partial charge >= 0.3 is 0 Å². The van der Waals surface area contributed by atoms with Gasteiger partial charge in [-0.15, -0.1) is 5.10 Å². The average molecular weight is 338 g/mol. The largest absolute Gasteiger partial charge is 0.339 e. The second-order valence-electron chi connectivity index (χ2n) is 5.66. The number of nitrogens with zero attached hydrogens (tertiary/aromatic N) is 4. The van der Waals surface area contributed by atoms with Crippen LogP contribution in [0.3, 0.4) is 0 Å². The Balaban J connectivity index is 1.62. The molecule has 0 fully saturated rings. The third kappa shape index (κ3) is 3.03. The van der Waals surface area contributed by atoms with Gasteiger partial charge in [-0.05, 0) is 48.7 Å². The molecule has 4 rings (SSSR count). The molecule has 0 unspecified atom stereocenters. The Labute approximate surface area is 145 Å². The van der Waals surface area contributed by atoms with Gasteiger partial charge in [-0.1, -0.05) is 29.8 Å². The summed E-state index contributed by atoms with van der Waals surface area (Å²) in [7, 11) is 0. The predicted octanol–water partition coefficient (Wildman–Crippen LogP) is 4.35. The molecule has 0 bridgehead atoms. The number of benzene rings is 2. The minimum absolute atomic E-state index is 0.612. The number of aromatic nitrogens is 3. The Bertz CT molecular complexity index is 850. The zero-order valence-corrected chi connectivity index (χ0v) is 13.7. The fraction of sp³-hybridized carbons (Fsp3) is 0.167. The molecule has 6 heteroatoms. The van der Waals surface area contributed by atoms with Gasteiger partial charge in [0.05, 0.1) is 6.20 Å². The standard InChI is InChI=1S/C18H16ClN5/c19-14-7-9-15(10-8-14)21-17-12-20-23-18(22-17)24-11-3-5-13-4-1-2-6-16(13)24/h1-2,4,6-10,12H,3,5,11H2,(H,21,22,23). The zero-order valence-electron chi connectivity index (χ0n) is 13.0. The summed E-state index contributed by atoms with van der Waals surface area (Å²) < 4.78 is 0. The molecule has 0 aliphatic carbocycles. The van der Waals surface area contributed by atoms with Crippen LogP contribution in [0.15, 0.2) is 54.7 Å². The van der Waals surface area contributed by atoms with E-state index in [2.05, 4.69) is 43.6 Å². The van der Waals surface area contributed by atoms with Crippen LogP contribution in [0.4, 0.5) is 23.1 Å². The van der Waals surface area contributed by atoms with E-state index in [1.807, 2.05) is 30.3 Å². The van der Waals surface area contributed by atoms with Gasteiger partial charge in [-0.3, -0.25) is 0 Å². The van der Waals surface area contributed by atoms with Crippen molar-refractivity contribution in [2.45, 2.75) is 12.8 Å². The van der Waals surface area contributed by atoms with Crippen molar-refractivity contribution in [3.8, 4) is 0 Å². The van der Waals surface area contributed by atoms with Gasteiger partial charge in [0.1, 0.15) is 0 Å². The quantitative estimate of drug-likeness (QED) is 0.770. The fourth-order valence-electron chi connectivity index (χ4n) is 2.89. The van der Waals surface area contributed by atoms with Gasteiger partial charge in [-0.2, -0.15) is 10.1 Å². The van der Waals surface area contributed by atoms with Crippen molar-refractivity contribution in [1.29, 1.82) is 0 Å². The maximum Gasteiger partial charge on any atom is 0.251 e. The molecule has 1 aliphatic heterocycles. The lowest BCUT2D eigenvalue weighted by Crippen LogP contribution is -2.26. The molecule has 0 saturated heterocycles. The Kier molecular flexibility index (Phi) is 4.01. The van der Waals surface area contributed by atoms with E-state index in [1.165, 1.54) is 5.56 Å². The van der Waals surface area contributed by atoms with Crippen LogP contribution in [-0.4, -0.2) is 21.7 Å². The highest BCUT2D eigenvalue weighted by molar-refractivity contribution is 6.30. The summed E-state index contributed by atoms with van der Waals surface area (Å²) in [4.78, 5) is 6.75. The zero-order chi connectivity index (χ0) is 16.4. The van der Waals surface area contributed by atoms with Gasteiger partial charge in [0.15, 0.2) is 5.82 Å². The number of anilines is 4. The molecule has 1 aromatic heterocycles. The van der Waals surface area contributed by atoms with Gasteiger partial charge < -0.3 is 10.2 Å². The number of para-hydroxylation sites is 1. The van der Waals surface area contributed by atoms with E-state index in [1.54, 1.807) is 6.20 Å². The Morgan fingerprint density at radius 3 is 2.75 bits per heavy atom. The van der Waals surface area contributed by atoms with Crippen molar-refractivity contribution in [2.24, 2.45) is 0 Å². The molecule has 1 aliphatic rings. The van der Waals surface area contributed by atoms with E-state index in [-0.39, 0.29) is 0 Å². The summed E-state index contributed by atoms with van der Waals surface area (Å²) in [5.74, 6) is 1.27. The summed E-state index contributed by atoms with van der Waals surface area (Å²) >= 11 is 5.92. The third-order valence-corrected chi connectivity index (χ3v) is 4.27. The molecule has 0 amide bonds. The summed E-state index contributed by atoms with van der Waals surface area (Å²) in [6, 6.07) is 15.9. The van der Waals surface area contributed by atoms with Crippen LogP contribution in [0.25, 0.3) is 0 Å². The highest BCUT2D eigenvalue weighted by atomic mass is 35.5. The maximum atomic E-state index is 5.92. The van der Waals surface area contributed by atoms with Crippen molar-refractivity contribution < 1.29 is 0 Å². The number of rotatable bonds is 3. The molecular formula is C18H16ClN5. The smallest absolute Gasteiger partial charge is 0.251 e. The first-order valence-electron chi connectivity index (χ1n) is 7.87. The molecule has 0 spiro atoms. The van der Waals surface area contributed by atoms with Crippen LogP contribution in [0, 0.1) is 0 Å². The van der Waals surface area contributed by atoms with Gasteiger partial charge in [0, 0.05) is 22.9 Å². The van der Waals surface area contributed by atoms with Crippen LogP contribution in [-0.2, 0) is 6.42 Å². The number of hydrogen-bond acceptors (Lipinski definition) is 5. The van der Waals surface area contributed by atoms with Gasteiger partial charge in [0.25, 0.3) is 5.95 Å². The van der Waals surface area contributed by atoms with E-state index in [9.17, 15) is 0 Å². The number of fused-ring (bicyclic) bond motifs is 1. The predicted molar refractivity (Wildman–Crippen MR) is 96.3 cm³/mol. The molecule has 0 radical (unpaired) electrons. The summed E-state index contributed by atoms with van der Waals surface area (Å²) in [6.45, 7) is 0.892. The number of halogens is 1. The van der Waals surface area contributed by atoms with Crippen LogP contribution in [0.2, 0.25) is 5.02 Å². The SMILES string of the molecule is Clc1ccc(Nc2cnnc(N3CCCc4ccccc43)n2)cc1. The van der Waals surface area contributed by atoms with Crippen LogP contribution >= 0.6 is 11.6 Å². The Morgan fingerprint density at radius 2 is 1.88 bits per heavy atom. The first-order valence-corrected chi connectivity index (χ1v) is 8.25. The third-order valence-electron chi connectivity index (χ3n) is 4.02. The fourth-order valence-corrected chi connectivity index (χ4v) is 3.02. The first-order chi connectivity index (χ1) is 11.8. The molecule has 0 atom stereocenters. The van der Waals surface area contributed by atoms with Gasteiger partial charge in [-0.25, -0.2) is 0 Å². The Hall–Kier alpha value is -2.66. The summed E-state index contributed by atoms with van der Waals surface area (Å²) in [6.07, 6.45) is 3.78. The van der Waals surface area contributed by atoms with E-state index < -0.39 is 0 Å². The molecule has 120 valence electrons. The van der Waals surface area contributed by atoms with Crippen molar-refractivity contribution in [3.05, 3.63) is 65.3 Å². The molecule has 3 aromatic rings. The molecule has 24 heavy (non-hydrogen) atoms. The number of aryl methyl sites for hydroxylation is 1. The van der Waals surface area contributed by atoms with E-state index in [0.29, 0.717) is 16.8 Å². The van der Waals surface area contributed by atoms with Gasteiger partial charge in [0.2, 0.25) is 0 Å². The van der Waals surface area contributed by atoms with Crippen LogP contribution in [0.1, 0.15) is 12.0 Å². The minimum Gasteiger partial charge on any atom is -0.339 e. The number of nitrogens with one attached hydrogen (secondary N) is 1. The summed E-state index contributed by atoms with van der Waals surface area (Å²) in [5, 5.41) is 12.3. The highest BCUT2D eigenvalue weighted by Gasteiger charge is 2.20. The van der Waals surface area contributed by atoms with Crippen LogP contribution < -0.4 is 10.2 Å². The molecule has 5 nitrogen and oxygen atoms in total. The monoisotopic (exact) mass is 337 g/mol. The second kappa shape index (κ2) is 6.45. The second-order valence-corrected chi connectivity index (χ2v) is 6.09.